The Hall–Kier alpha value is -1.07. The molecule has 2 rings (SSSR count). The number of aryl methyl sites for hydroxylation is 1. The summed E-state index contributed by atoms with van der Waals surface area (Å²) in [5.74, 6) is 0.628. The highest BCUT2D eigenvalue weighted by molar-refractivity contribution is 7.89. The van der Waals surface area contributed by atoms with Gasteiger partial charge in [0.2, 0.25) is 10.0 Å². The van der Waals surface area contributed by atoms with E-state index in [1.807, 2.05) is 13.8 Å². The normalized spacial score (nSPS) is 18.7. The molecule has 0 atom stereocenters. The Morgan fingerprint density at radius 2 is 2.06 bits per heavy atom. The van der Waals surface area contributed by atoms with Crippen molar-refractivity contribution in [3.05, 3.63) is 23.8 Å². The van der Waals surface area contributed by atoms with Gasteiger partial charge in [0.15, 0.2) is 0 Å². The van der Waals surface area contributed by atoms with Gasteiger partial charge < -0.3 is 4.74 Å². The van der Waals surface area contributed by atoms with Crippen LogP contribution in [0.15, 0.2) is 23.1 Å². The molecule has 1 aliphatic rings. The number of rotatable bonds is 1. The summed E-state index contributed by atoms with van der Waals surface area (Å²) >= 11 is 0. The van der Waals surface area contributed by atoms with E-state index in [4.69, 9.17) is 9.88 Å². The van der Waals surface area contributed by atoms with Gasteiger partial charge in [-0.15, -0.1) is 0 Å². The lowest BCUT2D eigenvalue weighted by atomic mass is 9.94. The van der Waals surface area contributed by atoms with E-state index in [0.29, 0.717) is 5.75 Å². The molecule has 4 nitrogen and oxygen atoms in total. The van der Waals surface area contributed by atoms with Gasteiger partial charge in [0.1, 0.15) is 11.4 Å². The average Bonchev–Trinajstić information content (AvgIpc) is 2.13. The van der Waals surface area contributed by atoms with Crippen LogP contribution in [0.25, 0.3) is 0 Å². The van der Waals surface area contributed by atoms with Crippen LogP contribution in [-0.4, -0.2) is 14.0 Å². The van der Waals surface area contributed by atoms with Crippen molar-refractivity contribution < 1.29 is 13.2 Å². The fraction of sp³-hybridized carbons (Fsp3) is 0.455. The van der Waals surface area contributed by atoms with E-state index in [2.05, 4.69) is 0 Å². The SMILES string of the molecule is CC1(C)CCc2ccc(S(N)(=O)=O)cc2O1. The minimum absolute atomic E-state index is 0.101. The summed E-state index contributed by atoms with van der Waals surface area (Å²) in [6.45, 7) is 3.97. The summed E-state index contributed by atoms with van der Waals surface area (Å²) < 4.78 is 28.1. The highest BCUT2D eigenvalue weighted by atomic mass is 32.2. The highest BCUT2D eigenvalue weighted by Gasteiger charge is 2.27. The molecule has 0 amide bonds. The summed E-state index contributed by atoms with van der Waals surface area (Å²) in [5, 5.41) is 5.07. The fourth-order valence-corrected chi connectivity index (χ4v) is 2.33. The van der Waals surface area contributed by atoms with E-state index in [0.717, 1.165) is 18.4 Å². The largest absolute Gasteiger partial charge is 0.488 e. The van der Waals surface area contributed by atoms with Gasteiger partial charge in [-0.3, -0.25) is 0 Å². The molecule has 88 valence electrons. The molecule has 16 heavy (non-hydrogen) atoms. The maximum atomic E-state index is 11.2. The number of benzene rings is 1. The molecule has 0 aliphatic carbocycles. The molecule has 0 radical (unpaired) electrons. The van der Waals surface area contributed by atoms with Crippen molar-refractivity contribution in [1.29, 1.82) is 0 Å². The second-order valence-corrected chi connectivity index (χ2v) is 6.24. The molecule has 1 aliphatic heterocycles. The molecule has 1 heterocycles. The lowest BCUT2D eigenvalue weighted by molar-refractivity contribution is 0.0843. The molecule has 0 spiro atoms. The Kier molecular flexibility index (Phi) is 2.47. The molecule has 0 saturated carbocycles. The molecule has 5 heteroatoms. The number of ether oxygens (including phenoxy) is 1. The Morgan fingerprint density at radius 3 is 2.69 bits per heavy atom. The molecule has 0 bridgehead atoms. The third kappa shape index (κ3) is 2.20. The first-order chi connectivity index (χ1) is 7.28. The Balaban J connectivity index is 2.47. The predicted molar refractivity (Wildman–Crippen MR) is 60.8 cm³/mol. The monoisotopic (exact) mass is 241 g/mol. The second kappa shape index (κ2) is 3.46. The van der Waals surface area contributed by atoms with Crippen molar-refractivity contribution in [3.8, 4) is 5.75 Å². The standard InChI is InChI=1S/C11H15NO3S/c1-11(2)6-5-8-3-4-9(16(12,13)14)7-10(8)15-11/h3-4,7H,5-6H2,1-2H3,(H2,12,13,14). The molecule has 0 unspecified atom stereocenters. The van der Waals surface area contributed by atoms with E-state index < -0.39 is 10.0 Å². The van der Waals surface area contributed by atoms with E-state index >= 15 is 0 Å². The first-order valence-electron chi connectivity index (χ1n) is 5.13. The number of hydrogen-bond donors (Lipinski definition) is 1. The minimum Gasteiger partial charge on any atom is -0.488 e. The van der Waals surface area contributed by atoms with Crippen molar-refractivity contribution in [3.63, 3.8) is 0 Å². The zero-order chi connectivity index (χ0) is 12.0. The Bertz CT molecular complexity index is 520. The maximum Gasteiger partial charge on any atom is 0.238 e. The molecule has 0 aromatic heterocycles. The van der Waals surface area contributed by atoms with E-state index in [1.165, 1.54) is 12.1 Å². The summed E-state index contributed by atoms with van der Waals surface area (Å²) in [7, 11) is -3.65. The first kappa shape index (κ1) is 11.4. The van der Waals surface area contributed by atoms with Crippen molar-refractivity contribution in [2.75, 3.05) is 0 Å². The Labute approximate surface area is 95.5 Å². The Morgan fingerprint density at radius 1 is 1.38 bits per heavy atom. The zero-order valence-electron chi connectivity index (χ0n) is 9.36. The van der Waals surface area contributed by atoms with E-state index in [-0.39, 0.29) is 10.5 Å². The summed E-state index contributed by atoms with van der Waals surface area (Å²) in [6, 6.07) is 4.80. The predicted octanol–water partition coefficient (Wildman–Crippen LogP) is 1.44. The molecule has 1 aromatic carbocycles. The lowest BCUT2D eigenvalue weighted by Crippen LogP contribution is -2.32. The van der Waals surface area contributed by atoms with Crippen molar-refractivity contribution >= 4 is 10.0 Å². The number of sulfonamides is 1. The van der Waals surface area contributed by atoms with Gasteiger partial charge in [-0.2, -0.15) is 0 Å². The topological polar surface area (TPSA) is 69.4 Å². The van der Waals surface area contributed by atoms with Crippen LogP contribution >= 0.6 is 0 Å². The van der Waals surface area contributed by atoms with Gasteiger partial charge in [0.25, 0.3) is 0 Å². The van der Waals surface area contributed by atoms with Crippen LogP contribution in [0.2, 0.25) is 0 Å². The first-order valence-corrected chi connectivity index (χ1v) is 6.67. The van der Waals surface area contributed by atoms with Crippen LogP contribution in [0.1, 0.15) is 25.8 Å². The third-order valence-electron chi connectivity index (χ3n) is 2.75. The van der Waals surface area contributed by atoms with Gasteiger partial charge in [-0.05, 0) is 38.3 Å². The van der Waals surface area contributed by atoms with Gasteiger partial charge in [0.05, 0.1) is 4.90 Å². The minimum atomic E-state index is -3.65. The molecule has 2 N–H and O–H groups in total. The summed E-state index contributed by atoms with van der Waals surface area (Å²) in [6.07, 6.45) is 1.82. The van der Waals surface area contributed by atoms with Gasteiger partial charge in [-0.25, -0.2) is 13.6 Å². The number of primary sulfonamides is 1. The van der Waals surface area contributed by atoms with Crippen LogP contribution in [0.4, 0.5) is 0 Å². The quantitative estimate of drug-likeness (QED) is 0.808. The van der Waals surface area contributed by atoms with Gasteiger partial charge in [-0.1, -0.05) is 6.07 Å². The molecule has 0 fully saturated rings. The molecular weight excluding hydrogens is 226 g/mol. The zero-order valence-corrected chi connectivity index (χ0v) is 10.2. The van der Waals surface area contributed by atoms with Crippen LogP contribution < -0.4 is 9.88 Å². The van der Waals surface area contributed by atoms with Crippen molar-refractivity contribution in [2.45, 2.75) is 37.2 Å². The lowest BCUT2D eigenvalue weighted by Gasteiger charge is -2.32. The van der Waals surface area contributed by atoms with Crippen LogP contribution in [0.5, 0.6) is 5.75 Å². The third-order valence-corrected chi connectivity index (χ3v) is 3.66. The van der Waals surface area contributed by atoms with Gasteiger partial charge >= 0.3 is 0 Å². The fourth-order valence-electron chi connectivity index (χ4n) is 1.80. The van der Waals surface area contributed by atoms with Crippen LogP contribution in [0, 0.1) is 0 Å². The maximum absolute atomic E-state index is 11.2. The van der Waals surface area contributed by atoms with E-state index in [1.54, 1.807) is 6.07 Å². The van der Waals surface area contributed by atoms with Gasteiger partial charge in [0, 0.05) is 6.07 Å². The van der Waals surface area contributed by atoms with Crippen molar-refractivity contribution in [2.24, 2.45) is 5.14 Å². The molecular formula is C11H15NO3S. The summed E-state index contributed by atoms with van der Waals surface area (Å²) in [5.41, 5.74) is 0.788. The molecule has 0 saturated heterocycles. The smallest absolute Gasteiger partial charge is 0.238 e. The van der Waals surface area contributed by atoms with E-state index in [9.17, 15) is 8.42 Å². The van der Waals surface area contributed by atoms with Crippen molar-refractivity contribution in [1.82, 2.24) is 0 Å². The van der Waals surface area contributed by atoms with Crippen LogP contribution in [0.3, 0.4) is 0 Å². The van der Waals surface area contributed by atoms with Crippen LogP contribution in [-0.2, 0) is 16.4 Å². The number of fused-ring (bicyclic) bond motifs is 1. The summed E-state index contributed by atoms with van der Waals surface area (Å²) in [4.78, 5) is 0.101. The average molecular weight is 241 g/mol. The molecule has 1 aromatic rings. The number of hydrogen-bond acceptors (Lipinski definition) is 3. The second-order valence-electron chi connectivity index (χ2n) is 4.68. The number of nitrogens with two attached hydrogens (primary N) is 1. The highest BCUT2D eigenvalue weighted by Crippen LogP contribution is 2.34.